The van der Waals surface area contributed by atoms with Gasteiger partial charge in [-0.3, -0.25) is 4.79 Å². The molecule has 3 aromatic rings. The van der Waals surface area contributed by atoms with Gasteiger partial charge < -0.3 is 9.73 Å². The summed E-state index contributed by atoms with van der Waals surface area (Å²) in [4.78, 5) is 20.8. The summed E-state index contributed by atoms with van der Waals surface area (Å²) < 4.78 is 5.66. The fraction of sp³-hybridized carbons (Fsp3) is 0.167. The van der Waals surface area contributed by atoms with Gasteiger partial charge in [-0.25, -0.2) is 9.97 Å². The van der Waals surface area contributed by atoms with Gasteiger partial charge in [0.2, 0.25) is 11.8 Å². The molecular formula is C18H17N3O2. The van der Waals surface area contributed by atoms with Crippen molar-refractivity contribution in [2.75, 3.05) is 5.32 Å². The molecule has 23 heavy (non-hydrogen) atoms. The van der Waals surface area contributed by atoms with Crippen LogP contribution in [0.3, 0.4) is 0 Å². The molecule has 0 atom stereocenters. The molecule has 0 bridgehead atoms. The van der Waals surface area contributed by atoms with Gasteiger partial charge in [0.25, 0.3) is 0 Å². The molecule has 1 aromatic carbocycles. The van der Waals surface area contributed by atoms with Crippen LogP contribution in [0.5, 0.6) is 0 Å². The zero-order valence-corrected chi connectivity index (χ0v) is 13.0. The SMILES string of the molecule is Cc1cccc(NC(=O)Cc2nc(-c3ccccc3)oc2C)n1. The Kier molecular flexibility index (Phi) is 4.19. The van der Waals surface area contributed by atoms with Gasteiger partial charge in [0.05, 0.1) is 12.1 Å². The van der Waals surface area contributed by atoms with E-state index in [-0.39, 0.29) is 12.3 Å². The van der Waals surface area contributed by atoms with Crippen LogP contribution in [0.1, 0.15) is 17.1 Å². The van der Waals surface area contributed by atoms with Crippen LogP contribution in [-0.2, 0) is 11.2 Å². The molecule has 5 heteroatoms. The maximum atomic E-state index is 12.2. The number of hydrogen-bond donors (Lipinski definition) is 1. The third-order valence-corrected chi connectivity index (χ3v) is 3.40. The Morgan fingerprint density at radius 2 is 1.83 bits per heavy atom. The molecule has 3 rings (SSSR count). The van der Waals surface area contributed by atoms with Crippen molar-refractivity contribution in [1.82, 2.24) is 9.97 Å². The van der Waals surface area contributed by atoms with Crippen LogP contribution in [0.25, 0.3) is 11.5 Å². The number of carbonyl (C=O) groups excluding carboxylic acids is 1. The van der Waals surface area contributed by atoms with E-state index in [2.05, 4.69) is 15.3 Å². The second kappa shape index (κ2) is 6.44. The molecule has 0 aliphatic heterocycles. The number of hydrogen-bond acceptors (Lipinski definition) is 4. The summed E-state index contributed by atoms with van der Waals surface area (Å²) in [7, 11) is 0. The molecule has 116 valence electrons. The smallest absolute Gasteiger partial charge is 0.231 e. The monoisotopic (exact) mass is 307 g/mol. The zero-order valence-electron chi connectivity index (χ0n) is 13.0. The summed E-state index contributed by atoms with van der Waals surface area (Å²) in [6, 6.07) is 15.1. The Morgan fingerprint density at radius 3 is 2.57 bits per heavy atom. The van der Waals surface area contributed by atoms with E-state index in [4.69, 9.17) is 4.42 Å². The summed E-state index contributed by atoms with van der Waals surface area (Å²) in [6.07, 6.45) is 0.151. The summed E-state index contributed by atoms with van der Waals surface area (Å²) in [5.74, 6) is 1.55. The van der Waals surface area contributed by atoms with E-state index in [9.17, 15) is 4.79 Å². The lowest BCUT2D eigenvalue weighted by atomic mass is 10.2. The van der Waals surface area contributed by atoms with E-state index in [1.165, 1.54) is 0 Å². The number of carbonyl (C=O) groups is 1. The minimum Gasteiger partial charge on any atom is -0.441 e. The highest BCUT2D eigenvalue weighted by Gasteiger charge is 2.15. The van der Waals surface area contributed by atoms with Gasteiger partial charge in [-0.15, -0.1) is 0 Å². The van der Waals surface area contributed by atoms with Crippen molar-refractivity contribution in [2.24, 2.45) is 0 Å². The molecule has 5 nitrogen and oxygen atoms in total. The average Bonchev–Trinajstić information content (AvgIpc) is 2.89. The van der Waals surface area contributed by atoms with Crippen LogP contribution in [0.4, 0.5) is 5.82 Å². The lowest BCUT2D eigenvalue weighted by molar-refractivity contribution is -0.115. The molecule has 0 saturated carbocycles. The van der Waals surface area contributed by atoms with Crippen LogP contribution in [0, 0.1) is 13.8 Å². The highest BCUT2D eigenvalue weighted by atomic mass is 16.4. The van der Waals surface area contributed by atoms with Crippen molar-refractivity contribution in [2.45, 2.75) is 20.3 Å². The largest absolute Gasteiger partial charge is 0.441 e. The van der Waals surface area contributed by atoms with E-state index in [0.717, 1.165) is 11.3 Å². The molecule has 0 aliphatic rings. The molecule has 1 N–H and O–H groups in total. The number of aryl methyl sites for hydroxylation is 2. The number of rotatable bonds is 4. The Labute approximate surface area is 134 Å². The molecule has 0 spiro atoms. The lowest BCUT2D eigenvalue weighted by Gasteiger charge is -2.03. The normalized spacial score (nSPS) is 10.5. The molecule has 2 aromatic heterocycles. The third kappa shape index (κ3) is 3.63. The molecule has 0 saturated heterocycles. The van der Waals surface area contributed by atoms with Gasteiger partial charge in [-0.2, -0.15) is 0 Å². The van der Waals surface area contributed by atoms with Crippen molar-refractivity contribution in [3.8, 4) is 11.5 Å². The predicted molar refractivity (Wildman–Crippen MR) is 88.0 cm³/mol. The van der Waals surface area contributed by atoms with E-state index in [1.807, 2.05) is 56.3 Å². The molecular weight excluding hydrogens is 290 g/mol. The number of amides is 1. The second-order valence-corrected chi connectivity index (χ2v) is 5.28. The van der Waals surface area contributed by atoms with Gasteiger partial charge in [0.1, 0.15) is 11.6 Å². The fourth-order valence-corrected chi connectivity index (χ4v) is 2.25. The number of benzene rings is 1. The van der Waals surface area contributed by atoms with Crippen molar-refractivity contribution in [1.29, 1.82) is 0 Å². The van der Waals surface area contributed by atoms with Crippen LogP contribution >= 0.6 is 0 Å². The molecule has 0 unspecified atom stereocenters. The molecule has 0 fully saturated rings. The molecule has 0 radical (unpaired) electrons. The van der Waals surface area contributed by atoms with Crippen LogP contribution < -0.4 is 5.32 Å². The van der Waals surface area contributed by atoms with Crippen molar-refractivity contribution >= 4 is 11.7 Å². The number of pyridine rings is 1. The number of oxazole rings is 1. The van der Waals surface area contributed by atoms with Crippen LogP contribution in [-0.4, -0.2) is 15.9 Å². The molecule has 1 amide bonds. The number of nitrogens with zero attached hydrogens (tertiary/aromatic N) is 2. The first-order valence-corrected chi connectivity index (χ1v) is 7.37. The number of nitrogens with one attached hydrogen (secondary N) is 1. The summed E-state index contributed by atoms with van der Waals surface area (Å²) in [5, 5.41) is 2.78. The Morgan fingerprint density at radius 1 is 1.04 bits per heavy atom. The Balaban J connectivity index is 1.73. The van der Waals surface area contributed by atoms with Crippen molar-refractivity contribution in [3.63, 3.8) is 0 Å². The van der Waals surface area contributed by atoms with E-state index < -0.39 is 0 Å². The maximum absolute atomic E-state index is 12.2. The number of anilines is 1. The Bertz CT molecular complexity index is 825. The number of aromatic nitrogens is 2. The topological polar surface area (TPSA) is 68.0 Å². The zero-order chi connectivity index (χ0) is 16.2. The summed E-state index contributed by atoms with van der Waals surface area (Å²) in [6.45, 7) is 3.69. The quantitative estimate of drug-likeness (QED) is 0.800. The Hall–Kier alpha value is -2.95. The summed E-state index contributed by atoms with van der Waals surface area (Å²) >= 11 is 0. The van der Waals surface area contributed by atoms with E-state index in [1.54, 1.807) is 6.07 Å². The van der Waals surface area contributed by atoms with Crippen LogP contribution in [0.2, 0.25) is 0 Å². The highest BCUT2D eigenvalue weighted by Crippen LogP contribution is 2.21. The fourth-order valence-electron chi connectivity index (χ4n) is 2.25. The molecule has 0 aliphatic carbocycles. The first-order valence-electron chi connectivity index (χ1n) is 7.37. The second-order valence-electron chi connectivity index (χ2n) is 5.28. The minimum atomic E-state index is -0.167. The van der Waals surface area contributed by atoms with Gasteiger partial charge >= 0.3 is 0 Å². The van der Waals surface area contributed by atoms with Gasteiger partial charge in [0, 0.05) is 11.3 Å². The highest BCUT2D eigenvalue weighted by molar-refractivity contribution is 5.91. The maximum Gasteiger partial charge on any atom is 0.231 e. The van der Waals surface area contributed by atoms with E-state index >= 15 is 0 Å². The standard InChI is InChI=1S/C18H17N3O2/c1-12-7-6-10-16(19-12)21-17(22)11-15-13(2)23-18(20-15)14-8-4-3-5-9-14/h3-10H,11H2,1-2H3,(H,19,21,22). The predicted octanol–water partition coefficient (Wildman–Crippen LogP) is 3.53. The first kappa shape index (κ1) is 15.0. The van der Waals surface area contributed by atoms with Crippen LogP contribution in [0.15, 0.2) is 52.9 Å². The van der Waals surface area contributed by atoms with Crippen molar-refractivity contribution in [3.05, 3.63) is 65.7 Å². The average molecular weight is 307 g/mol. The van der Waals surface area contributed by atoms with Gasteiger partial charge in [-0.05, 0) is 38.1 Å². The minimum absolute atomic E-state index is 0.151. The van der Waals surface area contributed by atoms with Crippen molar-refractivity contribution < 1.29 is 9.21 Å². The first-order chi connectivity index (χ1) is 11.1. The third-order valence-electron chi connectivity index (χ3n) is 3.40. The summed E-state index contributed by atoms with van der Waals surface area (Å²) in [5.41, 5.74) is 2.38. The van der Waals surface area contributed by atoms with Gasteiger partial charge in [0.15, 0.2) is 0 Å². The molecule has 2 heterocycles. The lowest BCUT2D eigenvalue weighted by Crippen LogP contribution is -2.16. The van der Waals surface area contributed by atoms with Gasteiger partial charge in [-0.1, -0.05) is 24.3 Å². The van der Waals surface area contributed by atoms with E-state index in [0.29, 0.717) is 23.2 Å².